The van der Waals surface area contributed by atoms with Gasteiger partial charge in [0.25, 0.3) is 0 Å². The summed E-state index contributed by atoms with van der Waals surface area (Å²) in [5, 5.41) is 9.40. The van der Waals surface area contributed by atoms with E-state index in [0.29, 0.717) is 13.1 Å². The SMILES string of the molecule is CC(C)(C)OC(=O)N1CCC(c2ccccc2CO)C1. The Kier molecular flexibility index (Phi) is 4.33. The van der Waals surface area contributed by atoms with E-state index in [9.17, 15) is 9.90 Å². The molecule has 1 amide bonds. The van der Waals surface area contributed by atoms with E-state index in [4.69, 9.17) is 4.74 Å². The first-order chi connectivity index (χ1) is 9.40. The lowest BCUT2D eigenvalue weighted by Crippen LogP contribution is -2.35. The van der Waals surface area contributed by atoms with Gasteiger partial charge in [0.05, 0.1) is 6.61 Å². The van der Waals surface area contributed by atoms with Crippen LogP contribution in [0.1, 0.15) is 44.2 Å². The number of hydrogen-bond donors (Lipinski definition) is 1. The molecule has 20 heavy (non-hydrogen) atoms. The lowest BCUT2D eigenvalue weighted by molar-refractivity contribution is 0.0292. The van der Waals surface area contributed by atoms with Crippen LogP contribution in [-0.2, 0) is 11.3 Å². The number of rotatable bonds is 2. The molecule has 0 spiro atoms. The molecule has 1 aromatic carbocycles. The first-order valence-electron chi connectivity index (χ1n) is 7.07. The van der Waals surface area contributed by atoms with Crippen molar-refractivity contribution in [1.82, 2.24) is 4.90 Å². The van der Waals surface area contributed by atoms with Crippen LogP contribution in [0.4, 0.5) is 4.79 Å². The molecule has 1 aliphatic rings. The fourth-order valence-electron chi connectivity index (χ4n) is 2.58. The number of amides is 1. The number of likely N-dealkylation sites (tertiary alicyclic amines) is 1. The lowest BCUT2D eigenvalue weighted by atomic mass is 9.94. The monoisotopic (exact) mass is 277 g/mol. The van der Waals surface area contributed by atoms with Crippen LogP contribution in [0.2, 0.25) is 0 Å². The van der Waals surface area contributed by atoms with Gasteiger partial charge in [-0.2, -0.15) is 0 Å². The van der Waals surface area contributed by atoms with Crippen molar-refractivity contribution in [3.8, 4) is 0 Å². The lowest BCUT2D eigenvalue weighted by Gasteiger charge is -2.24. The Balaban J connectivity index is 2.04. The number of aliphatic hydroxyl groups is 1. The highest BCUT2D eigenvalue weighted by atomic mass is 16.6. The molecule has 1 heterocycles. The second-order valence-electron chi connectivity index (χ2n) is 6.27. The molecule has 4 heteroatoms. The van der Waals surface area contributed by atoms with E-state index < -0.39 is 5.60 Å². The molecule has 0 aromatic heterocycles. The van der Waals surface area contributed by atoms with E-state index in [0.717, 1.165) is 17.5 Å². The number of benzene rings is 1. The van der Waals surface area contributed by atoms with Gasteiger partial charge < -0.3 is 14.7 Å². The number of hydrogen-bond acceptors (Lipinski definition) is 3. The van der Waals surface area contributed by atoms with Gasteiger partial charge in [0.15, 0.2) is 0 Å². The quantitative estimate of drug-likeness (QED) is 0.904. The van der Waals surface area contributed by atoms with E-state index in [-0.39, 0.29) is 18.6 Å². The van der Waals surface area contributed by atoms with Gasteiger partial charge in [-0.15, -0.1) is 0 Å². The molecule has 2 rings (SSSR count). The minimum Gasteiger partial charge on any atom is -0.444 e. The molecule has 1 aromatic rings. The fourth-order valence-corrected chi connectivity index (χ4v) is 2.58. The van der Waals surface area contributed by atoms with E-state index in [2.05, 4.69) is 0 Å². The van der Waals surface area contributed by atoms with Crippen LogP contribution in [0.25, 0.3) is 0 Å². The van der Waals surface area contributed by atoms with Crippen LogP contribution < -0.4 is 0 Å². The summed E-state index contributed by atoms with van der Waals surface area (Å²) in [5.41, 5.74) is 1.63. The molecule has 1 unspecified atom stereocenters. The number of carbonyl (C=O) groups is 1. The summed E-state index contributed by atoms with van der Waals surface area (Å²) in [6.07, 6.45) is 0.664. The predicted octanol–water partition coefficient (Wildman–Crippen LogP) is 2.90. The Labute approximate surface area is 120 Å². The Morgan fingerprint density at radius 3 is 2.75 bits per heavy atom. The van der Waals surface area contributed by atoms with E-state index in [1.54, 1.807) is 4.90 Å². The summed E-state index contributed by atoms with van der Waals surface area (Å²) in [7, 11) is 0. The Hall–Kier alpha value is -1.55. The molecule has 1 atom stereocenters. The molecule has 1 N–H and O–H groups in total. The van der Waals surface area contributed by atoms with Crippen molar-refractivity contribution in [3.05, 3.63) is 35.4 Å². The molecule has 1 aliphatic heterocycles. The third-order valence-corrected chi connectivity index (χ3v) is 3.51. The minimum atomic E-state index is -0.460. The Bertz CT molecular complexity index is 479. The minimum absolute atomic E-state index is 0.0408. The van der Waals surface area contributed by atoms with Crippen molar-refractivity contribution in [2.45, 2.75) is 45.3 Å². The Morgan fingerprint density at radius 2 is 2.10 bits per heavy atom. The fraction of sp³-hybridized carbons (Fsp3) is 0.562. The molecule has 0 aliphatic carbocycles. The second-order valence-corrected chi connectivity index (χ2v) is 6.27. The van der Waals surface area contributed by atoms with Crippen molar-refractivity contribution >= 4 is 6.09 Å². The molecule has 1 saturated heterocycles. The Morgan fingerprint density at radius 1 is 1.40 bits per heavy atom. The number of nitrogens with zero attached hydrogens (tertiary/aromatic N) is 1. The van der Waals surface area contributed by atoms with Crippen LogP contribution in [0.5, 0.6) is 0 Å². The highest BCUT2D eigenvalue weighted by Crippen LogP contribution is 2.30. The third-order valence-electron chi connectivity index (χ3n) is 3.51. The average molecular weight is 277 g/mol. The molecule has 0 bridgehead atoms. The number of ether oxygens (including phenoxy) is 1. The molecular weight excluding hydrogens is 254 g/mol. The van der Waals surface area contributed by atoms with Gasteiger partial charge in [-0.3, -0.25) is 0 Å². The summed E-state index contributed by atoms with van der Waals surface area (Å²) < 4.78 is 5.40. The summed E-state index contributed by atoms with van der Waals surface area (Å²) >= 11 is 0. The zero-order chi connectivity index (χ0) is 14.8. The van der Waals surface area contributed by atoms with Crippen molar-refractivity contribution < 1.29 is 14.6 Å². The van der Waals surface area contributed by atoms with Gasteiger partial charge in [0.2, 0.25) is 0 Å². The second kappa shape index (κ2) is 5.83. The summed E-state index contributed by atoms with van der Waals surface area (Å²) in [6, 6.07) is 7.88. The summed E-state index contributed by atoms with van der Waals surface area (Å²) in [5.74, 6) is 0.283. The van der Waals surface area contributed by atoms with E-state index >= 15 is 0 Å². The highest BCUT2D eigenvalue weighted by Gasteiger charge is 2.31. The van der Waals surface area contributed by atoms with Gasteiger partial charge >= 0.3 is 6.09 Å². The molecular formula is C16H23NO3. The van der Waals surface area contributed by atoms with Crippen LogP contribution >= 0.6 is 0 Å². The normalized spacial score (nSPS) is 19.2. The van der Waals surface area contributed by atoms with Crippen LogP contribution in [0.3, 0.4) is 0 Å². The first-order valence-corrected chi connectivity index (χ1v) is 7.07. The van der Waals surface area contributed by atoms with Gasteiger partial charge in [0.1, 0.15) is 5.60 Å². The van der Waals surface area contributed by atoms with Gasteiger partial charge in [-0.1, -0.05) is 24.3 Å². The maximum absolute atomic E-state index is 12.0. The average Bonchev–Trinajstić information content (AvgIpc) is 2.86. The largest absolute Gasteiger partial charge is 0.444 e. The van der Waals surface area contributed by atoms with Crippen molar-refractivity contribution in [1.29, 1.82) is 0 Å². The number of aliphatic hydroxyl groups excluding tert-OH is 1. The molecule has 1 fully saturated rings. The van der Waals surface area contributed by atoms with Crippen LogP contribution in [0, 0.1) is 0 Å². The maximum Gasteiger partial charge on any atom is 0.410 e. The smallest absolute Gasteiger partial charge is 0.410 e. The summed E-state index contributed by atoms with van der Waals surface area (Å²) in [6.45, 7) is 7.03. The van der Waals surface area contributed by atoms with E-state index in [1.807, 2.05) is 45.0 Å². The zero-order valence-electron chi connectivity index (χ0n) is 12.4. The number of carbonyl (C=O) groups excluding carboxylic acids is 1. The highest BCUT2D eigenvalue weighted by molar-refractivity contribution is 5.68. The van der Waals surface area contributed by atoms with Crippen molar-refractivity contribution in [2.24, 2.45) is 0 Å². The topological polar surface area (TPSA) is 49.8 Å². The molecule has 110 valence electrons. The predicted molar refractivity (Wildman–Crippen MR) is 77.5 cm³/mol. The van der Waals surface area contributed by atoms with Crippen LogP contribution in [-0.4, -0.2) is 34.8 Å². The first kappa shape index (κ1) is 14.9. The zero-order valence-corrected chi connectivity index (χ0v) is 12.4. The van der Waals surface area contributed by atoms with Gasteiger partial charge in [-0.05, 0) is 38.3 Å². The van der Waals surface area contributed by atoms with Gasteiger partial charge in [-0.25, -0.2) is 4.79 Å². The van der Waals surface area contributed by atoms with E-state index in [1.165, 1.54) is 0 Å². The van der Waals surface area contributed by atoms with Gasteiger partial charge in [0, 0.05) is 19.0 Å². The molecule has 4 nitrogen and oxygen atoms in total. The van der Waals surface area contributed by atoms with Crippen molar-refractivity contribution in [3.63, 3.8) is 0 Å². The third kappa shape index (κ3) is 3.51. The van der Waals surface area contributed by atoms with Crippen molar-refractivity contribution in [2.75, 3.05) is 13.1 Å². The maximum atomic E-state index is 12.0. The summed E-state index contributed by atoms with van der Waals surface area (Å²) in [4.78, 5) is 13.8. The standard InChI is InChI=1S/C16H23NO3/c1-16(2,3)20-15(19)17-9-8-12(10-17)14-7-5-4-6-13(14)11-18/h4-7,12,18H,8-11H2,1-3H3. The van der Waals surface area contributed by atoms with Crippen LogP contribution in [0.15, 0.2) is 24.3 Å². The molecule has 0 saturated carbocycles. The molecule has 0 radical (unpaired) electrons.